The monoisotopic (exact) mass is 193 g/mol. The molecule has 0 aromatic heterocycles. The molecule has 1 heterocycles. The van der Waals surface area contributed by atoms with E-state index in [1.54, 1.807) is 6.07 Å². The maximum absolute atomic E-state index is 13.3. The Morgan fingerprint density at radius 3 is 2.86 bits per heavy atom. The number of likely N-dealkylation sites (tertiary alicyclic amines) is 1. The first kappa shape index (κ1) is 9.66. The van der Waals surface area contributed by atoms with E-state index in [-0.39, 0.29) is 5.82 Å². The molecule has 0 bridgehead atoms. The quantitative estimate of drug-likeness (QED) is 0.673. The Kier molecular flexibility index (Phi) is 2.82. The Hall–Kier alpha value is -0.890. The van der Waals surface area contributed by atoms with Gasteiger partial charge >= 0.3 is 0 Å². The van der Waals surface area contributed by atoms with E-state index in [9.17, 15) is 4.39 Å². The summed E-state index contributed by atoms with van der Waals surface area (Å²) in [7, 11) is 4.04. The van der Waals surface area contributed by atoms with Crippen molar-refractivity contribution in [3.8, 4) is 0 Å². The maximum Gasteiger partial charge on any atom is 0.126 e. The number of nitrogens with one attached hydrogen (secondary N) is 1. The highest BCUT2D eigenvalue weighted by Gasteiger charge is 2.22. The van der Waals surface area contributed by atoms with Crippen LogP contribution in [0.1, 0.15) is 18.4 Å². The molecule has 1 nitrogen and oxygen atoms in total. The third-order valence-electron chi connectivity index (χ3n) is 3.05. The molecule has 0 spiro atoms. The van der Waals surface area contributed by atoms with Gasteiger partial charge in [0.2, 0.25) is 0 Å². The first-order valence-electron chi connectivity index (χ1n) is 5.18. The smallest absolute Gasteiger partial charge is 0.126 e. The van der Waals surface area contributed by atoms with E-state index in [2.05, 4.69) is 7.05 Å². The average Bonchev–Trinajstić information content (AvgIpc) is 2.56. The highest BCUT2D eigenvalue weighted by atomic mass is 19.1. The van der Waals surface area contributed by atoms with Gasteiger partial charge in [0.05, 0.1) is 12.6 Å². The molecular formula is C12H16FN. The summed E-state index contributed by atoms with van der Waals surface area (Å²) >= 11 is 0. The van der Waals surface area contributed by atoms with Crippen molar-refractivity contribution in [1.82, 2.24) is 0 Å². The molecule has 1 N–H and O–H groups in total. The lowest BCUT2D eigenvalue weighted by Crippen LogP contribution is -3.08. The second-order valence-electron chi connectivity index (χ2n) is 4.04. The minimum Gasteiger partial charge on any atom is -0.465 e. The van der Waals surface area contributed by atoms with Crippen molar-refractivity contribution >= 4 is 0 Å². The molecule has 0 aliphatic carbocycles. The van der Waals surface area contributed by atoms with Crippen molar-refractivity contribution in [3.05, 3.63) is 42.7 Å². The van der Waals surface area contributed by atoms with Crippen molar-refractivity contribution < 1.29 is 9.29 Å². The van der Waals surface area contributed by atoms with Gasteiger partial charge in [0.1, 0.15) is 5.82 Å². The molecule has 0 radical (unpaired) electrons. The summed E-state index contributed by atoms with van der Waals surface area (Å²) in [5.74, 6) is -0.0767. The summed E-state index contributed by atoms with van der Waals surface area (Å²) in [6.07, 6.45) is 3.22. The molecule has 0 saturated carbocycles. The average molecular weight is 193 g/mol. The van der Waals surface area contributed by atoms with E-state index < -0.39 is 0 Å². The third-order valence-corrected chi connectivity index (χ3v) is 3.05. The zero-order valence-corrected chi connectivity index (χ0v) is 8.30. The Bertz CT molecular complexity index is 311. The van der Waals surface area contributed by atoms with Crippen LogP contribution in [0.15, 0.2) is 24.3 Å². The van der Waals surface area contributed by atoms with E-state index in [1.165, 1.54) is 23.8 Å². The maximum atomic E-state index is 13.3. The van der Waals surface area contributed by atoms with Gasteiger partial charge < -0.3 is 4.90 Å². The highest BCUT2D eigenvalue weighted by molar-refractivity contribution is 5.18. The van der Waals surface area contributed by atoms with Gasteiger partial charge in [-0.3, -0.25) is 0 Å². The van der Waals surface area contributed by atoms with Crippen LogP contribution >= 0.6 is 0 Å². The summed E-state index contributed by atoms with van der Waals surface area (Å²) in [6, 6.07) is 7.55. The molecule has 2 rings (SSSR count). The zero-order valence-electron chi connectivity index (χ0n) is 8.30. The number of hydrogen-bond donors (Lipinski definition) is 1. The summed E-state index contributed by atoms with van der Waals surface area (Å²) in [5, 5.41) is 0. The molecule has 1 aliphatic rings. The molecule has 0 amide bonds. The van der Waals surface area contributed by atoms with Crippen molar-refractivity contribution in [1.29, 1.82) is 0 Å². The van der Waals surface area contributed by atoms with Gasteiger partial charge in [-0.1, -0.05) is 18.2 Å². The second kappa shape index (κ2) is 4.09. The summed E-state index contributed by atoms with van der Waals surface area (Å²) in [5.41, 5.74) is 0.834. The number of benzene rings is 1. The van der Waals surface area contributed by atoms with Crippen molar-refractivity contribution in [3.63, 3.8) is 0 Å². The lowest BCUT2D eigenvalue weighted by atomic mass is 10.0. The van der Waals surface area contributed by atoms with Gasteiger partial charge in [-0.25, -0.2) is 4.39 Å². The fourth-order valence-corrected chi connectivity index (χ4v) is 2.16. The largest absolute Gasteiger partial charge is 0.465 e. The van der Waals surface area contributed by atoms with E-state index in [1.807, 2.05) is 12.1 Å². The van der Waals surface area contributed by atoms with Gasteiger partial charge in [-0.2, -0.15) is 7.05 Å². The number of rotatable bonds is 2. The molecule has 2 unspecified atom stereocenters. The first-order chi connectivity index (χ1) is 6.77. The van der Waals surface area contributed by atoms with Crippen LogP contribution in [0.3, 0.4) is 0 Å². The minimum atomic E-state index is -0.0767. The lowest BCUT2D eigenvalue weighted by Gasteiger charge is -2.23. The summed E-state index contributed by atoms with van der Waals surface area (Å²) < 4.78 is 13.3. The Morgan fingerprint density at radius 2 is 2.21 bits per heavy atom. The van der Waals surface area contributed by atoms with E-state index >= 15 is 0 Å². The molecule has 1 aliphatic heterocycles. The summed E-state index contributed by atoms with van der Waals surface area (Å²) in [6.45, 7) is 1.12. The molecule has 14 heavy (non-hydrogen) atoms. The van der Waals surface area contributed by atoms with Crippen LogP contribution in [0.2, 0.25) is 0 Å². The Balaban J connectivity index is 2.07. The second-order valence-corrected chi connectivity index (χ2v) is 4.04. The standard InChI is InChI=1S/C12H16FN/c1-14-8-4-6-11(14)9-10-5-2-3-7-12(10)13/h2-3,5,7,11,14H,1,4,6,8-9H2. The molecule has 1 aromatic rings. The number of quaternary nitrogens is 1. The molecule has 2 heteroatoms. The predicted molar refractivity (Wildman–Crippen MR) is 54.3 cm³/mol. The molecular weight excluding hydrogens is 177 g/mol. The fraction of sp³-hybridized carbons (Fsp3) is 0.417. The van der Waals surface area contributed by atoms with Crippen molar-refractivity contribution in [2.24, 2.45) is 0 Å². The topological polar surface area (TPSA) is 4.44 Å². The minimum absolute atomic E-state index is 0.0767. The Labute approximate surface area is 84.5 Å². The predicted octanol–water partition coefficient (Wildman–Crippen LogP) is 1.21. The van der Waals surface area contributed by atoms with E-state index in [0.29, 0.717) is 6.04 Å². The number of hydrogen-bond acceptors (Lipinski definition) is 0. The van der Waals surface area contributed by atoms with Crippen LogP contribution in [0, 0.1) is 12.9 Å². The fourth-order valence-electron chi connectivity index (χ4n) is 2.16. The van der Waals surface area contributed by atoms with Crippen LogP contribution in [0.4, 0.5) is 4.39 Å². The molecule has 1 aromatic carbocycles. The highest BCUT2D eigenvalue weighted by Crippen LogP contribution is 2.12. The normalized spacial score (nSPS) is 26.7. The zero-order chi connectivity index (χ0) is 9.97. The molecule has 1 saturated heterocycles. The van der Waals surface area contributed by atoms with Gasteiger partial charge in [0.15, 0.2) is 0 Å². The lowest BCUT2D eigenvalue weighted by molar-refractivity contribution is -0.866. The van der Waals surface area contributed by atoms with Crippen LogP contribution in [-0.2, 0) is 6.42 Å². The van der Waals surface area contributed by atoms with Crippen LogP contribution in [0.5, 0.6) is 0 Å². The Morgan fingerprint density at radius 1 is 1.43 bits per heavy atom. The van der Waals surface area contributed by atoms with E-state index in [4.69, 9.17) is 0 Å². The van der Waals surface area contributed by atoms with Crippen LogP contribution in [-0.4, -0.2) is 12.6 Å². The van der Waals surface area contributed by atoms with Crippen LogP contribution < -0.4 is 4.90 Å². The molecule has 2 atom stereocenters. The van der Waals surface area contributed by atoms with Gasteiger partial charge in [-0.15, -0.1) is 0 Å². The SMILES string of the molecule is [CH2-][NH+]1CCCC1Cc1ccccc1F. The first-order valence-corrected chi connectivity index (χ1v) is 5.18. The van der Waals surface area contributed by atoms with E-state index in [0.717, 1.165) is 18.5 Å². The number of halogens is 1. The van der Waals surface area contributed by atoms with Gasteiger partial charge in [-0.05, 0) is 18.1 Å². The van der Waals surface area contributed by atoms with Crippen LogP contribution in [0.25, 0.3) is 0 Å². The molecule has 1 fully saturated rings. The van der Waals surface area contributed by atoms with Crippen molar-refractivity contribution in [2.45, 2.75) is 25.3 Å². The third kappa shape index (κ3) is 1.95. The molecule has 76 valence electrons. The van der Waals surface area contributed by atoms with Crippen molar-refractivity contribution in [2.75, 3.05) is 6.54 Å². The van der Waals surface area contributed by atoms with Gasteiger partial charge in [0.25, 0.3) is 0 Å². The van der Waals surface area contributed by atoms with Gasteiger partial charge in [0, 0.05) is 12.8 Å². The summed E-state index contributed by atoms with van der Waals surface area (Å²) in [4.78, 5) is 1.30.